The van der Waals surface area contributed by atoms with Gasteiger partial charge < -0.3 is 15.0 Å². The summed E-state index contributed by atoms with van der Waals surface area (Å²) in [6.45, 7) is 2.84. The summed E-state index contributed by atoms with van der Waals surface area (Å²) in [6, 6.07) is 11.7. The van der Waals surface area contributed by atoms with Gasteiger partial charge in [-0.05, 0) is 112 Å². The second kappa shape index (κ2) is 15.1. The molecule has 2 aliphatic heterocycles. The SMILES string of the molecule is COc1ccc2c(c1C1CCN(CC3CCC(n4cc5cc(NC(=O)c6cccc(C(F)(F)F)n6)ccc5n4)CC3)CC1)n(C)c(=O)n2C1CCC(=O)N(C)C1=O. The molecule has 1 saturated carbocycles. The van der Waals surface area contributed by atoms with E-state index in [1.54, 1.807) is 41.5 Å². The Morgan fingerprint density at radius 2 is 1.70 bits per heavy atom. The van der Waals surface area contributed by atoms with Crippen LogP contribution in [0.3, 0.4) is 0 Å². The normalized spacial score (nSPS) is 21.4. The number of halogens is 3. The van der Waals surface area contributed by atoms with Gasteiger partial charge in [0.05, 0.1) is 29.7 Å². The van der Waals surface area contributed by atoms with Crippen LogP contribution in [-0.2, 0) is 22.8 Å². The summed E-state index contributed by atoms with van der Waals surface area (Å²) in [5, 5.41) is 8.29. The number of ether oxygens (including phenoxy) is 1. The highest BCUT2D eigenvalue weighted by atomic mass is 19.4. The van der Waals surface area contributed by atoms with Crippen molar-refractivity contribution in [2.45, 2.75) is 75.5 Å². The largest absolute Gasteiger partial charge is 0.496 e. The average Bonchev–Trinajstić information content (AvgIpc) is 3.74. The molecule has 2 saturated heterocycles. The minimum Gasteiger partial charge on any atom is -0.496 e. The first kappa shape index (κ1) is 38.4. The van der Waals surface area contributed by atoms with Crippen LogP contribution < -0.4 is 15.7 Å². The Morgan fingerprint density at radius 3 is 2.42 bits per heavy atom. The summed E-state index contributed by atoms with van der Waals surface area (Å²) in [4.78, 5) is 58.9. The molecule has 1 N–H and O–H groups in total. The number of imide groups is 1. The molecule has 3 fully saturated rings. The van der Waals surface area contributed by atoms with Crippen LogP contribution in [0.2, 0.25) is 0 Å². The molecular formula is C41H45F3N8O5. The maximum atomic E-state index is 13.7. The summed E-state index contributed by atoms with van der Waals surface area (Å²) in [7, 11) is 4.86. The number of piperidine rings is 2. The molecule has 5 aromatic rings. The quantitative estimate of drug-likeness (QED) is 0.181. The van der Waals surface area contributed by atoms with E-state index in [0.29, 0.717) is 23.5 Å². The molecule has 0 spiro atoms. The predicted octanol–water partition coefficient (Wildman–Crippen LogP) is 6.30. The number of methoxy groups -OCH3 is 1. The molecule has 1 unspecified atom stereocenters. The van der Waals surface area contributed by atoms with Crippen molar-refractivity contribution in [1.82, 2.24) is 33.7 Å². The Hall–Kier alpha value is -5.51. The maximum Gasteiger partial charge on any atom is 0.433 e. The van der Waals surface area contributed by atoms with Gasteiger partial charge in [-0.1, -0.05) is 6.07 Å². The fraction of sp³-hybridized carbons (Fsp3) is 0.463. The third kappa shape index (κ3) is 7.30. The second-order valence-corrected chi connectivity index (χ2v) is 15.6. The van der Waals surface area contributed by atoms with Crippen LogP contribution in [0.5, 0.6) is 5.75 Å². The summed E-state index contributed by atoms with van der Waals surface area (Å²) >= 11 is 0. The lowest BCUT2D eigenvalue weighted by atomic mass is 9.84. The van der Waals surface area contributed by atoms with Crippen molar-refractivity contribution < 1.29 is 32.3 Å². The van der Waals surface area contributed by atoms with Gasteiger partial charge in [-0.15, -0.1) is 0 Å². The number of rotatable bonds is 8. The molecule has 3 aromatic heterocycles. The van der Waals surface area contributed by atoms with E-state index in [2.05, 4.69) is 15.2 Å². The molecule has 16 heteroatoms. The number of carbonyl (C=O) groups is 3. The molecule has 13 nitrogen and oxygen atoms in total. The molecular weight excluding hydrogens is 741 g/mol. The number of aryl methyl sites for hydroxylation is 1. The lowest BCUT2D eigenvalue weighted by Gasteiger charge is -2.37. The van der Waals surface area contributed by atoms with Crippen LogP contribution in [0.25, 0.3) is 21.9 Å². The second-order valence-electron chi connectivity index (χ2n) is 15.6. The van der Waals surface area contributed by atoms with Gasteiger partial charge in [0.15, 0.2) is 0 Å². The fourth-order valence-electron chi connectivity index (χ4n) is 9.08. The van der Waals surface area contributed by atoms with Crippen molar-refractivity contribution in [3.63, 3.8) is 0 Å². The number of aromatic nitrogens is 5. The van der Waals surface area contributed by atoms with E-state index in [-0.39, 0.29) is 41.6 Å². The van der Waals surface area contributed by atoms with E-state index in [1.165, 1.54) is 13.1 Å². The Bertz CT molecular complexity index is 2420. The Balaban J connectivity index is 0.882. The fourth-order valence-corrected chi connectivity index (χ4v) is 9.08. The number of benzene rings is 2. The standard InChI is InChI=1S/C41H45F3N8O5/c1-48-35(53)16-14-32(39(48)55)52-31-13-15-33(57-3)36(37(31)49(2)40(52)56)25-17-19-50(20-18-25)22-24-7-10-28(11-8-24)51-23-26-21-27(9-12-29(26)47-51)45-38(54)30-5-4-6-34(46-30)41(42,43)44/h4-6,9,12-13,15,21,23-25,28,32H,7-8,10-11,14,16-20,22H2,1-3H3,(H,45,54). The predicted molar refractivity (Wildman–Crippen MR) is 206 cm³/mol. The first-order chi connectivity index (χ1) is 27.3. The summed E-state index contributed by atoms with van der Waals surface area (Å²) < 4.78 is 50.3. The molecule has 3 amide bonds. The van der Waals surface area contributed by atoms with Gasteiger partial charge in [0.2, 0.25) is 5.91 Å². The summed E-state index contributed by atoms with van der Waals surface area (Å²) in [5.74, 6) is 0.129. The van der Waals surface area contributed by atoms with Crippen molar-refractivity contribution in [3.8, 4) is 5.75 Å². The van der Waals surface area contributed by atoms with Gasteiger partial charge in [0.1, 0.15) is 23.2 Å². The minimum atomic E-state index is -4.64. The van der Waals surface area contributed by atoms with Gasteiger partial charge >= 0.3 is 11.9 Å². The van der Waals surface area contributed by atoms with Crippen molar-refractivity contribution in [2.75, 3.05) is 39.1 Å². The Morgan fingerprint density at radius 1 is 0.947 bits per heavy atom. The molecule has 5 heterocycles. The number of pyridine rings is 1. The lowest BCUT2D eigenvalue weighted by molar-refractivity contribution is -0.149. The van der Waals surface area contributed by atoms with Crippen LogP contribution >= 0.6 is 0 Å². The van der Waals surface area contributed by atoms with Gasteiger partial charge in [-0.25, -0.2) is 9.78 Å². The zero-order chi connectivity index (χ0) is 40.2. The zero-order valence-corrected chi connectivity index (χ0v) is 32.1. The van der Waals surface area contributed by atoms with E-state index in [4.69, 9.17) is 9.84 Å². The number of likely N-dealkylation sites (tertiary alicyclic amines) is 2. The van der Waals surface area contributed by atoms with E-state index in [0.717, 1.165) is 103 Å². The van der Waals surface area contributed by atoms with Gasteiger partial charge in [0.25, 0.3) is 11.8 Å². The number of anilines is 1. The first-order valence-corrected chi connectivity index (χ1v) is 19.5. The number of hydrogen-bond donors (Lipinski definition) is 1. The average molecular weight is 787 g/mol. The number of hydrogen-bond acceptors (Lipinski definition) is 8. The van der Waals surface area contributed by atoms with Crippen LogP contribution in [0, 0.1) is 5.92 Å². The number of nitrogens with one attached hydrogen (secondary N) is 1. The van der Waals surface area contributed by atoms with E-state index in [9.17, 15) is 32.3 Å². The number of fused-ring (bicyclic) bond motifs is 2. The number of carbonyl (C=O) groups excluding carboxylic acids is 3. The highest BCUT2D eigenvalue weighted by Crippen LogP contribution is 2.41. The monoisotopic (exact) mass is 786 g/mol. The van der Waals surface area contributed by atoms with Crippen molar-refractivity contribution in [1.29, 1.82) is 0 Å². The van der Waals surface area contributed by atoms with Crippen LogP contribution in [0.1, 0.15) is 91.1 Å². The molecule has 0 radical (unpaired) electrons. The summed E-state index contributed by atoms with van der Waals surface area (Å²) in [6.07, 6.45) is 3.73. The first-order valence-electron chi connectivity index (χ1n) is 19.5. The Labute approximate surface area is 326 Å². The number of likely N-dealkylation sites (N-methyl/N-ethyl adjacent to an activating group) is 1. The third-order valence-electron chi connectivity index (χ3n) is 12.2. The van der Waals surface area contributed by atoms with Gasteiger partial charge in [-0.2, -0.15) is 18.3 Å². The number of imidazole rings is 1. The van der Waals surface area contributed by atoms with E-state index >= 15 is 0 Å². The molecule has 2 aromatic carbocycles. The van der Waals surface area contributed by atoms with Gasteiger partial charge in [0, 0.05) is 49.9 Å². The zero-order valence-electron chi connectivity index (χ0n) is 32.1. The van der Waals surface area contributed by atoms with Crippen LogP contribution in [0.15, 0.2) is 59.5 Å². The molecule has 0 bridgehead atoms. The Kier molecular flexibility index (Phi) is 10.2. The highest BCUT2D eigenvalue weighted by Gasteiger charge is 2.37. The highest BCUT2D eigenvalue weighted by molar-refractivity contribution is 6.04. The summed E-state index contributed by atoms with van der Waals surface area (Å²) in [5.41, 5.74) is 1.96. The number of alkyl halides is 3. The smallest absolute Gasteiger partial charge is 0.433 e. The maximum absolute atomic E-state index is 13.7. The van der Waals surface area contributed by atoms with Crippen LogP contribution in [-0.4, -0.2) is 85.2 Å². The van der Waals surface area contributed by atoms with Crippen LogP contribution in [0.4, 0.5) is 18.9 Å². The van der Waals surface area contributed by atoms with Crippen molar-refractivity contribution in [2.24, 2.45) is 13.0 Å². The molecule has 3 aliphatic rings. The molecule has 57 heavy (non-hydrogen) atoms. The molecule has 1 aliphatic carbocycles. The topological polar surface area (TPSA) is 137 Å². The third-order valence-corrected chi connectivity index (χ3v) is 12.2. The van der Waals surface area contributed by atoms with Crippen molar-refractivity contribution >= 4 is 45.3 Å². The van der Waals surface area contributed by atoms with E-state index in [1.807, 2.05) is 23.0 Å². The molecule has 300 valence electrons. The molecule has 1 atom stereocenters. The molecule has 8 rings (SSSR count). The van der Waals surface area contributed by atoms with Crippen molar-refractivity contribution in [3.05, 3.63) is 82.2 Å². The van der Waals surface area contributed by atoms with E-state index < -0.39 is 23.8 Å². The number of nitrogens with zero attached hydrogens (tertiary/aromatic N) is 7. The number of amides is 3. The lowest BCUT2D eigenvalue weighted by Crippen LogP contribution is -2.45. The minimum absolute atomic E-state index is 0.170. The van der Waals surface area contributed by atoms with Gasteiger partial charge in [-0.3, -0.25) is 33.1 Å².